The molecule has 4 atom stereocenters. The predicted molar refractivity (Wildman–Crippen MR) is 174 cm³/mol. The van der Waals surface area contributed by atoms with Gasteiger partial charge in [0.2, 0.25) is 23.6 Å². The van der Waals surface area contributed by atoms with Crippen molar-refractivity contribution < 1.29 is 19.2 Å². The van der Waals surface area contributed by atoms with Crippen LogP contribution < -0.4 is 27.4 Å². The van der Waals surface area contributed by atoms with Crippen molar-refractivity contribution in [2.24, 2.45) is 11.5 Å². The van der Waals surface area contributed by atoms with Crippen LogP contribution in [0.2, 0.25) is 0 Å². The maximum Gasteiger partial charge on any atom is 0.243 e. The van der Waals surface area contributed by atoms with Crippen LogP contribution in [0.25, 0.3) is 0 Å². The highest BCUT2D eigenvalue weighted by Crippen LogP contribution is 2.10. The van der Waals surface area contributed by atoms with Gasteiger partial charge in [-0.2, -0.15) is 0 Å². The van der Waals surface area contributed by atoms with Crippen LogP contribution in [-0.2, 0) is 44.9 Å². The molecule has 9 heteroatoms. The molecule has 0 fully saturated rings. The second kappa shape index (κ2) is 16.5. The maximum atomic E-state index is 13.8. The number of carbonyl (C=O) groups is 4. The highest BCUT2D eigenvalue weighted by molar-refractivity contribution is 5.95. The zero-order valence-corrected chi connectivity index (χ0v) is 25.0. The highest BCUT2D eigenvalue weighted by Gasteiger charge is 2.30. The van der Waals surface area contributed by atoms with E-state index in [0.29, 0.717) is 6.42 Å². The molecule has 0 heterocycles. The SMILES string of the molecule is NC(=O)[C@H](Cc1ccccc1)NC(=O)[C@H](Cc1ccccc1)NC(=O)[C@H](Cc1ccccc1)NC(=O)[C@@H](N)Cc1ccccc1. The van der Waals surface area contributed by atoms with Crippen LogP contribution in [0.15, 0.2) is 121 Å². The van der Waals surface area contributed by atoms with Gasteiger partial charge in [-0.05, 0) is 28.7 Å². The van der Waals surface area contributed by atoms with E-state index in [1.165, 1.54) is 0 Å². The molecule has 7 N–H and O–H groups in total. The average Bonchev–Trinajstić information content (AvgIpc) is 3.05. The molecule has 232 valence electrons. The molecule has 0 aliphatic carbocycles. The van der Waals surface area contributed by atoms with Gasteiger partial charge in [0.15, 0.2) is 0 Å². The van der Waals surface area contributed by atoms with E-state index in [1.807, 2.05) is 121 Å². The zero-order chi connectivity index (χ0) is 32.0. The normalized spacial score (nSPS) is 13.4. The summed E-state index contributed by atoms with van der Waals surface area (Å²) < 4.78 is 0. The Labute approximate surface area is 263 Å². The van der Waals surface area contributed by atoms with Gasteiger partial charge in [0.25, 0.3) is 0 Å². The number of amides is 4. The number of carbonyl (C=O) groups excluding carboxylic acids is 4. The summed E-state index contributed by atoms with van der Waals surface area (Å²) in [6, 6.07) is 33.0. The van der Waals surface area contributed by atoms with Gasteiger partial charge in [-0.3, -0.25) is 19.2 Å². The first-order valence-corrected chi connectivity index (χ1v) is 14.9. The molecule has 4 aromatic carbocycles. The molecular weight excluding hydrogens is 566 g/mol. The summed E-state index contributed by atoms with van der Waals surface area (Å²) in [7, 11) is 0. The van der Waals surface area contributed by atoms with E-state index in [0.717, 1.165) is 22.3 Å². The third-order valence-corrected chi connectivity index (χ3v) is 7.41. The Hall–Kier alpha value is -5.28. The van der Waals surface area contributed by atoms with Crippen molar-refractivity contribution in [3.63, 3.8) is 0 Å². The fraction of sp³-hybridized carbons (Fsp3) is 0.222. The minimum absolute atomic E-state index is 0.148. The molecule has 0 aliphatic rings. The molecular formula is C36H39N5O4. The van der Waals surface area contributed by atoms with Gasteiger partial charge in [-0.1, -0.05) is 121 Å². The second-order valence-electron chi connectivity index (χ2n) is 11.0. The van der Waals surface area contributed by atoms with Crippen molar-refractivity contribution in [3.8, 4) is 0 Å². The molecule has 0 saturated carbocycles. The van der Waals surface area contributed by atoms with Crippen LogP contribution in [0, 0.1) is 0 Å². The first-order chi connectivity index (χ1) is 21.8. The van der Waals surface area contributed by atoms with Crippen molar-refractivity contribution in [1.82, 2.24) is 16.0 Å². The van der Waals surface area contributed by atoms with Crippen LogP contribution in [0.4, 0.5) is 0 Å². The molecule has 45 heavy (non-hydrogen) atoms. The molecule has 4 amide bonds. The molecule has 0 radical (unpaired) electrons. The summed E-state index contributed by atoms with van der Waals surface area (Å²) in [4.78, 5) is 53.0. The second-order valence-corrected chi connectivity index (χ2v) is 11.0. The topological polar surface area (TPSA) is 156 Å². The smallest absolute Gasteiger partial charge is 0.243 e. The lowest BCUT2D eigenvalue weighted by Gasteiger charge is -2.26. The Morgan fingerprint density at radius 2 is 0.733 bits per heavy atom. The molecule has 0 unspecified atom stereocenters. The van der Waals surface area contributed by atoms with Gasteiger partial charge in [-0.25, -0.2) is 0 Å². The number of rotatable bonds is 15. The third-order valence-electron chi connectivity index (χ3n) is 7.41. The van der Waals surface area contributed by atoms with E-state index >= 15 is 0 Å². The Bertz CT molecular complexity index is 1540. The average molecular weight is 606 g/mol. The van der Waals surface area contributed by atoms with Crippen molar-refractivity contribution in [3.05, 3.63) is 144 Å². The van der Waals surface area contributed by atoms with E-state index in [1.54, 1.807) is 0 Å². The van der Waals surface area contributed by atoms with Gasteiger partial charge in [0, 0.05) is 19.3 Å². The molecule has 0 bridgehead atoms. The van der Waals surface area contributed by atoms with E-state index in [9.17, 15) is 19.2 Å². The first kappa shape index (κ1) is 32.6. The highest BCUT2D eigenvalue weighted by atomic mass is 16.2. The van der Waals surface area contributed by atoms with E-state index in [-0.39, 0.29) is 19.3 Å². The van der Waals surface area contributed by atoms with Gasteiger partial charge < -0.3 is 27.4 Å². The number of nitrogens with two attached hydrogens (primary N) is 2. The third kappa shape index (κ3) is 10.4. The van der Waals surface area contributed by atoms with Crippen LogP contribution in [0.1, 0.15) is 22.3 Å². The molecule has 4 rings (SSSR count). The monoisotopic (exact) mass is 605 g/mol. The van der Waals surface area contributed by atoms with Crippen molar-refractivity contribution in [1.29, 1.82) is 0 Å². The Morgan fingerprint density at radius 3 is 1.09 bits per heavy atom. The van der Waals surface area contributed by atoms with E-state index in [2.05, 4.69) is 16.0 Å². The van der Waals surface area contributed by atoms with Crippen LogP contribution in [-0.4, -0.2) is 47.8 Å². The van der Waals surface area contributed by atoms with Crippen LogP contribution >= 0.6 is 0 Å². The van der Waals surface area contributed by atoms with Crippen molar-refractivity contribution >= 4 is 23.6 Å². The minimum Gasteiger partial charge on any atom is -0.368 e. The van der Waals surface area contributed by atoms with Gasteiger partial charge >= 0.3 is 0 Å². The molecule has 4 aromatic rings. The zero-order valence-electron chi connectivity index (χ0n) is 25.0. The fourth-order valence-electron chi connectivity index (χ4n) is 4.97. The predicted octanol–water partition coefficient (Wildman–Crippen LogP) is 2.22. The number of hydrogen-bond acceptors (Lipinski definition) is 5. The standard InChI is InChI=1S/C36H39N5O4/c37-29(21-25-13-5-1-6-14-25)34(43)40-31(23-27-17-9-3-10-18-27)36(45)41-32(24-28-19-11-4-12-20-28)35(44)39-30(33(38)42)22-26-15-7-2-8-16-26/h1-20,29-32H,21-24,37H2,(H2,38,42)(H,39,44)(H,40,43)(H,41,45)/t29-,30-,31-,32-/m0/s1. The van der Waals surface area contributed by atoms with Gasteiger partial charge in [0.1, 0.15) is 18.1 Å². The summed E-state index contributed by atoms with van der Waals surface area (Å²) in [6.45, 7) is 0. The number of primary amides is 1. The van der Waals surface area contributed by atoms with Crippen molar-refractivity contribution in [2.45, 2.75) is 49.9 Å². The number of hydrogen-bond donors (Lipinski definition) is 5. The summed E-state index contributed by atoms with van der Waals surface area (Å²) in [6.07, 6.45) is 0.810. The summed E-state index contributed by atoms with van der Waals surface area (Å²) in [5.41, 5.74) is 15.2. The number of benzene rings is 4. The molecule has 0 aromatic heterocycles. The lowest BCUT2D eigenvalue weighted by Crippen LogP contribution is -2.58. The Balaban J connectivity index is 1.53. The van der Waals surface area contributed by atoms with Crippen LogP contribution in [0.3, 0.4) is 0 Å². The molecule has 9 nitrogen and oxygen atoms in total. The van der Waals surface area contributed by atoms with Crippen LogP contribution in [0.5, 0.6) is 0 Å². The summed E-state index contributed by atoms with van der Waals surface area (Å²) in [5, 5.41) is 8.36. The van der Waals surface area contributed by atoms with E-state index < -0.39 is 47.8 Å². The summed E-state index contributed by atoms with van der Waals surface area (Å²) >= 11 is 0. The van der Waals surface area contributed by atoms with Gasteiger partial charge in [0.05, 0.1) is 6.04 Å². The molecule has 0 aliphatic heterocycles. The lowest BCUT2D eigenvalue weighted by atomic mass is 10.0. The largest absolute Gasteiger partial charge is 0.368 e. The van der Waals surface area contributed by atoms with Crippen molar-refractivity contribution in [2.75, 3.05) is 0 Å². The maximum absolute atomic E-state index is 13.8. The van der Waals surface area contributed by atoms with Gasteiger partial charge in [-0.15, -0.1) is 0 Å². The quantitative estimate of drug-likeness (QED) is 0.141. The minimum atomic E-state index is -1.06. The lowest BCUT2D eigenvalue weighted by molar-refractivity contribution is -0.133. The Kier molecular flexibility index (Phi) is 12.0. The van der Waals surface area contributed by atoms with E-state index in [4.69, 9.17) is 11.5 Å². The Morgan fingerprint density at radius 1 is 0.444 bits per heavy atom. The first-order valence-electron chi connectivity index (χ1n) is 14.9. The fourth-order valence-corrected chi connectivity index (χ4v) is 4.97. The summed E-state index contributed by atoms with van der Waals surface area (Å²) in [5.74, 6) is -2.32. The molecule has 0 saturated heterocycles. The number of nitrogens with one attached hydrogen (secondary N) is 3. The molecule has 0 spiro atoms.